The topological polar surface area (TPSA) is 52.3 Å². The maximum absolute atomic E-state index is 11.3. The number of ether oxygens (including phenoxy) is 1. The molecule has 0 amide bonds. The van der Waals surface area contributed by atoms with E-state index in [2.05, 4.69) is 0 Å². The van der Waals surface area contributed by atoms with Crippen molar-refractivity contribution in [2.75, 3.05) is 6.61 Å². The summed E-state index contributed by atoms with van der Waals surface area (Å²) in [6.07, 6.45) is 1.31. The van der Waals surface area contributed by atoms with E-state index in [0.717, 1.165) is 16.7 Å². The molecule has 2 N–H and O–H groups in total. The second-order valence-corrected chi connectivity index (χ2v) is 4.30. The second kappa shape index (κ2) is 6.57. The number of carbonyl (C=O) groups is 1. The van der Waals surface area contributed by atoms with Gasteiger partial charge in [-0.05, 0) is 23.6 Å². The number of rotatable bonds is 4. The zero-order valence-electron chi connectivity index (χ0n) is 11.4. The van der Waals surface area contributed by atoms with Crippen molar-refractivity contribution in [3.8, 4) is 11.1 Å². The molecule has 0 heterocycles. The molecule has 0 saturated carbocycles. The summed E-state index contributed by atoms with van der Waals surface area (Å²) >= 11 is 0. The van der Waals surface area contributed by atoms with Crippen LogP contribution in [0.3, 0.4) is 0 Å². The molecule has 0 atom stereocenters. The van der Waals surface area contributed by atoms with Crippen molar-refractivity contribution in [1.29, 1.82) is 0 Å². The Balaban J connectivity index is 2.18. The van der Waals surface area contributed by atoms with E-state index >= 15 is 0 Å². The number of carbonyl (C=O) groups excluding carboxylic acids is 1. The van der Waals surface area contributed by atoms with Gasteiger partial charge in [-0.25, -0.2) is 4.79 Å². The highest BCUT2D eigenvalue weighted by Gasteiger charge is 2.02. The van der Waals surface area contributed by atoms with Crippen molar-refractivity contribution < 1.29 is 9.53 Å². The molecule has 3 heteroatoms. The van der Waals surface area contributed by atoms with Crippen LogP contribution in [0.4, 0.5) is 0 Å². The summed E-state index contributed by atoms with van der Waals surface area (Å²) < 4.78 is 4.83. The van der Waals surface area contributed by atoms with Gasteiger partial charge in [0.2, 0.25) is 0 Å². The highest BCUT2D eigenvalue weighted by Crippen LogP contribution is 2.20. The Bertz CT molecular complexity index is 601. The Morgan fingerprint density at radius 2 is 1.65 bits per heavy atom. The molecule has 0 aliphatic carbocycles. The normalized spacial score (nSPS) is 11.2. The SMILES string of the molecule is CCOC(=O)C=C(N)c1ccc(-c2ccccc2)cc1. The monoisotopic (exact) mass is 267 g/mol. The fraction of sp³-hybridized carbons (Fsp3) is 0.118. The van der Waals surface area contributed by atoms with Crippen LogP contribution in [0.1, 0.15) is 12.5 Å². The molecule has 0 unspecified atom stereocenters. The molecule has 2 rings (SSSR count). The highest BCUT2D eigenvalue weighted by atomic mass is 16.5. The summed E-state index contributed by atoms with van der Waals surface area (Å²) in [6, 6.07) is 17.8. The molecule has 3 nitrogen and oxygen atoms in total. The molecule has 0 radical (unpaired) electrons. The number of hydrogen-bond acceptors (Lipinski definition) is 3. The van der Waals surface area contributed by atoms with E-state index in [4.69, 9.17) is 10.5 Å². The zero-order valence-corrected chi connectivity index (χ0v) is 11.4. The molecule has 0 bridgehead atoms. The molecule has 2 aromatic rings. The first kappa shape index (κ1) is 13.9. The summed E-state index contributed by atoms with van der Waals surface area (Å²) in [5.74, 6) is -0.419. The summed E-state index contributed by atoms with van der Waals surface area (Å²) in [7, 11) is 0. The minimum atomic E-state index is -0.419. The van der Waals surface area contributed by atoms with Gasteiger partial charge in [-0.15, -0.1) is 0 Å². The van der Waals surface area contributed by atoms with E-state index in [1.165, 1.54) is 6.08 Å². The third-order valence-corrected chi connectivity index (χ3v) is 2.89. The van der Waals surface area contributed by atoms with Gasteiger partial charge < -0.3 is 10.5 Å². The number of esters is 1. The summed E-state index contributed by atoms with van der Waals surface area (Å²) in [5.41, 5.74) is 9.34. The van der Waals surface area contributed by atoms with Crippen LogP contribution >= 0.6 is 0 Å². The zero-order chi connectivity index (χ0) is 14.4. The molecule has 0 spiro atoms. The molecule has 2 aromatic carbocycles. The standard InChI is InChI=1S/C17H17NO2/c1-2-20-17(19)12-16(18)15-10-8-14(9-11-15)13-6-4-3-5-7-13/h3-12H,2,18H2,1H3. The average Bonchev–Trinajstić information content (AvgIpc) is 2.48. The van der Waals surface area contributed by atoms with Crippen LogP contribution in [-0.2, 0) is 9.53 Å². The van der Waals surface area contributed by atoms with Crippen molar-refractivity contribution in [3.05, 3.63) is 66.2 Å². The van der Waals surface area contributed by atoms with Crippen LogP contribution in [-0.4, -0.2) is 12.6 Å². The molecule has 0 aliphatic heterocycles. The first-order valence-electron chi connectivity index (χ1n) is 6.50. The van der Waals surface area contributed by atoms with Crippen LogP contribution in [0, 0.1) is 0 Å². The van der Waals surface area contributed by atoms with Crippen LogP contribution < -0.4 is 5.73 Å². The van der Waals surface area contributed by atoms with Gasteiger partial charge in [0.1, 0.15) is 0 Å². The number of nitrogens with two attached hydrogens (primary N) is 1. The summed E-state index contributed by atoms with van der Waals surface area (Å²) in [6.45, 7) is 2.10. The fourth-order valence-electron chi connectivity index (χ4n) is 1.88. The van der Waals surface area contributed by atoms with Gasteiger partial charge in [-0.3, -0.25) is 0 Å². The molecule has 102 valence electrons. The van der Waals surface area contributed by atoms with Crippen molar-refractivity contribution >= 4 is 11.7 Å². The van der Waals surface area contributed by atoms with Crippen LogP contribution in [0.5, 0.6) is 0 Å². The average molecular weight is 267 g/mol. The first-order chi connectivity index (χ1) is 9.70. The lowest BCUT2D eigenvalue weighted by Crippen LogP contribution is -2.05. The number of benzene rings is 2. The van der Waals surface area contributed by atoms with Crippen molar-refractivity contribution in [1.82, 2.24) is 0 Å². The molecule has 0 saturated heterocycles. The van der Waals surface area contributed by atoms with Crippen molar-refractivity contribution in [2.45, 2.75) is 6.92 Å². The minimum absolute atomic E-state index is 0.343. The predicted molar refractivity (Wildman–Crippen MR) is 80.7 cm³/mol. The third kappa shape index (κ3) is 3.48. The van der Waals surface area contributed by atoms with Gasteiger partial charge in [-0.2, -0.15) is 0 Å². The van der Waals surface area contributed by atoms with E-state index in [1.54, 1.807) is 6.92 Å². The van der Waals surface area contributed by atoms with Gasteiger partial charge in [0.15, 0.2) is 0 Å². The van der Waals surface area contributed by atoms with Crippen LogP contribution in [0.15, 0.2) is 60.7 Å². The highest BCUT2D eigenvalue weighted by molar-refractivity contribution is 5.90. The van der Waals surface area contributed by atoms with E-state index in [0.29, 0.717) is 12.3 Å². The lowest BCUT2D eigenvalue weighted by atomic mass is 10.0. The van der Waals surface area contributed by atoms with Gasteiger partial charge in [0, 0.05) is 11.8 Å². The van der Waals surface area contributed by atoms with Crippen molar-refractivity contribution in [3.63, 3.8) is 0 Å². The van der Waals surface area contributed by atoms with E-state index in [-0.39, 0.29) is 0 Å². The van der Waals surface area contributed by atoms with Crippen LogP contribution in [0.2, 0.25) is 0 Å². The third-order valence-electron chi connectivity index (χ3n) is 2.89. The molecular weight excluding hydrogens is 250 g/mol. The summed E-state index contributed by atoms with van der Waals surface area (Å²) in [5, 5.41) is 0. The quantitative estimate of drug-likeness (QED) is 0.683. The minimum Gasteiger partial charge on any atom is -0.463 e. The maximum Gasteiger partial charge on any atom is 0.332 e. The fourth-order valence-corrected chi connectivity index (χ4v) is 1.88. The maximum atomic E-state index is 11.3. The molecule has 20 heavy (non-hydrogen) atoms. The second-order valence-electron chi connectivity index (χ2n) is 4.30. The Hall–Kier alpha value is -2.55. The number of hydrogen-bond donors (Lipinski definition) is 1. The molecule has 0 fully saturated rings. The lowest BCUT2D eigenvalue weighted by molar-refractivity contribution is -0.137. The van der Waals surface area contributed by atoms with Gasteiger partial charge in [-0.1, -0.05) is 54.6 Å². The first-order valence-corrected chi connectivity index (χ1v) is 6.50. The smallest absolute Gasteiger partial charge is 0.332 e. The van der Waals surface area contributed by atoms with Gasteiger partial charge >= 0.3 is 5.97 Å². The molecular formula is C17H17NO2. The molecule has 0 aliphatic rings. The van der Waals surface area contributed by atoms with E-state index in [1.807, 2.05) is 54.6 Å². The molecule has 0 aromatic heterocycles. The van der Waals surface area contributed by atoms with E-state index < -0.39 is 5.97 Å². The summed E-state index contributed by atoms with van der Waals surface area (Å²) in [4.78, 5) is 11.3. The lowest BCUT2D eigenvalue weighted by Gasteiger charge is -2.05. The Kier molecular flexibility index (Phi) is 4.56. The van der Waals surface area contributed by atoms with Crippen LogP contribution in [0.25, 0.3) is 16.8 Å². The van der Waals surface area contributed by atoms with E-state index in [9.17, 15) is 4.79 Å². The van der Waals surface area contributed by atoms with Crippen molar-refractivity contribution in [2.24, 2.45) is 5.73 Å². The largest absolute Gasteiger partial charge is 0.463 e. The van der Waals surface area contributed by atoms with Gasteiger partial charge in [0.05, 0.1) is 6.61 Å². The Morgan fingerprint density at radius 3 is 2.25 bits per heavy atom. The Morgan fingerprint density at radius 1 is 1.05 bits per heavy atom. The van der Waals surface area contributed by atoms with Gasteiger partial charge in [0.25, 0.3) is 0 Å². The predicted octanol–water partition coefficient (Wildman–Crippen LogP) is 3.22. The Labute approximate surface area is 118 Å².